The molecule has 3 N–H and O–H groups in total. The van der Waals surface area contributed by atoms with Gasteiger partial charge in [-0.3, -0.25) is 4.98 Å². The topological polar surface area (TPSA) is 50.9 Å². The molecule has 1 aromatic heterocycles. The van der Waals surface area contributed by atoms with Gasteiger partial charge in [0.15, 0.2) is 0 Å². The van der Waals surface area contributed by atoms with Crippen molar-refractivity contribution < 1.29 is 0 Å². The van der Waals surface area contributed by atoms with Crippen molar-refractivity contribution in [3.05, 3.63) is 17.5 Å². The quantitative estimate of drug-likeness (QED) is 0.636. The van der Waals surface area contributed by atoms with Crippen LogP contribution in [0.3, 0.4) is 0 Å². The Morgan fingerprint density at radius 2 is 2.09 bits per heavy atom. The van der Waals surface area contributed by atoms with Crippen molar-refractivity contribution in [3.8, 4) is 0 Å². The summed E-state index contributed by atoms with van der Waals surface area (Å²) in [5.74, 6) is 0. The molecule has 0 aliphatic rings. The van der Waals surface area contributed by atoms with E-state index in [0.29, 0.717) is 0 Å². The summed E-state index contributed by atoms with van der Waals surface area (Å²) >= 11 is 0. The summed E-state index contributed by atoms with van der Waals surface area (Å²) in [5, 5.41) is 3.01. The minimum Gasteiger partial charge on any atom is -0.396 e. The van der Waals surface area contributed by atoms with Crippen LogP contribution in [0.25, 0.3) is 0 Å². The van der Waals surface area contributed by atoms with E-state index in [9.17, 15) is 0 Å². The van der Waals surface area contributed by atoms with E-state index in [1.807, 2.05) is 27.0 Å². The van der Waals surface area contributed by atoms with Crippen LogP contribution in [0.1, 0.15) is 11.4 Å². The van der Waals surface area contributed by atoms with Gasteiger partial charge in [0.1, 0.15) is 0 Å². The molecule has 0 bridgehead atoms. The normalized spacial score (nSPS) is 9.73. The molecule has 0 aliphatic carbocycles. The van der Waals surface area contributed by atoms with Crippen molar-refractivity contribution in [2.45, 2.75) is 13.8 Å². The van der Waals surface area contributed by atoms with Gasteiger partial charge in [0, 0.05) is 12.7 Å². The molecular formula is C8H13N3. The van der Waals surface area contributed by atoms with Gasteiger partial charge in [0.2, 0.25) is 0 Å². The number of nitrogens with two attached hydrogens (primary N) is 1. The van der Waals surface area contributed by atoms with Crippen LogP contribution < -0.4 is 11.1 Å². The average Bonchev–Trinajstić information content (AvgIpc) is 1.96. The minimum absolute atomic E-state index is 0.734. The molecule has 60 valence electrons. The highest BCUT2D eigenvalue weighted by Crippen LogP contribution is 2.20. The van der Waals surface area contributed by atoms with Crippen molar-refractivity contribution in [2.24, 2.45) is 0 Å². The van der Waals surface area contributed by atoms with Crippen LogP contribution in [0.5, 0.6) is 0 Å². The van der Waals surface area contributed by atoms with Crippen molar-refractivity contribution >= 4 is 11.4 Å². The molecule has 0 amide bonds. The Bertz CT molecular complexity index is 268. The molecule has 0 unspecified atom stereocenters. The van der Waals surface area contributed by atoms with Crippen molar-refractivity contribution in [2.75, 3.05) is 18.1 Å². The van der Waals surface area contributed by atoms with E-state index in [1.165, 1.54) is 0 Å². The van der Waals surface area contributed by atoms with Crippen molar-refractivity contribution in [1.29, 1.82) is 0 Å². The van der Waals surface area contributed by atoms with E-state index in [4.69, 9.17) is 5.73 Å². The van der Waals surface area contributed by atoms with Gasteiger partial charge in [-0.15, -0.1) is 0 Å². The summed E-state index contributed by atoms with van der Waals surface area (Å²) in [6, 6.07) is 1.93. The number of aryl methyl sites for hydroxylation is 2. The Labute approximate surface area is 66.6 Å². The first-order valence-corrected chi connectivity index (χ1v) is 3.56. The van der Waals surface area contributed by atoms with Crippen LogP contribution in [0.2, 0.25) is 0 Å². The van der Waals surface area contributed by atoms with Gasteiger partial charge in [-0.2, -0.15) is 0 Å². The first-order chi connectivity index (χ1) is 5.15. The molecule has 0 atom stereocenters. The second-order valence-electron chi connectivity index (χ2n) is 2.56. The fourth-order valence-electron chi connectivity index (χ4n) is 1.05. The maximum absolute atomic E-state index is 5.74. The lowest BCUT2D eigenvalue weighted by Crippen LogP contribution is -2.01. The van der Waals surface area contributed by atoms with E-state index in [2.05, 4.69) is 10.3 Å². The van der Waals surface area contributed by atoms with Gasteiger partial charge in [-0.25, -0.2) is 0 Å². The summed E-state index contributed by atoms with van der Waals surface area (Å²) in [6.07, 6.45) is 0. The molecule has 0 fully saturated rings. The van der Waals surface area contributed by atoms with E-state index in [1.54, 1.807) is 0 Å². The Morgan fingerprint density at radius 3 is 2.64 bits per heavy atom. The summed E-state index contributed by atoms with van der Waals surface area (Å²) in [7, 11) is 1.85. The zero-order valence-electron chi connectivity index (χ0n) is 7.10. The Balaban J connectivity index is 3.24. The summed E-state index contributed by atoms with van der Waals surface area (Å²) in [5.41, 5.74) is 9.30. The first-order valence-electron chi connectivity index (χ1n) is 3.56. The zero-order valence-corrected chi connectivity index (χ0v) is 7.10. The molecule has 1 aromatic rings. The second kappa shape index (κ2) is 2.78. The monoisotopic (exact) mass is 151 g/mol. The largest absolute Gasteiger partial charge is 0.396 e. The third kappa shape index (κ3) is 1.42. The van der Waals surface area contributed by atoms with Gasteiger partial charge in [0.25, 0.3) is 0 Å². The van der Waals surface area contributed by atoms with E-state index in [-0.39, 0.29) is 0 Å². The number of hydrogen-bond donors (Lipinski definition) is 2. The molecule has 3 nitrogen and oxygen atoms in total. The molecule has 1 rings (SSSR count). The molecule has 0 saturated heterocycles. The van der Waals surface area contributed by atoms with Crippen LogP contribution in [0, 0.1) is 13.8 Å². The fraction of sp³-hybridized carbons (Fsp3) is 0.375. The molecule has 0 saturated carbocycles. The lowest BCUT2D eigenvalue weighted by atomic mass is 10.2. The number of rotatable bonds is 1. The molecule has 0 spiro atoms. The molecular weight excluding hydrogens is 138 g/mol. The predicted molar refractivity (Wildman–Crippen MR) is 47.7 cm³/mol. The average molecular weight is 151 g/mol. The third-order valence-electron chi connectivity index (χ3n) is 1.65. The molecule has 1 heterocycles. The molecule has 0 radical (unpaired) electrons. The zero-order chi connectivity index (χ0) is 8.43. The van der Waals surface area contributed by atoms with E-state index in [0.717, 1.165) is 22.8 Å². The van der Waals surface area contributed by atoms with Crippen LogP contribution in [-0.2, 0) is 0 Å². The maximum atomic E-state index is 5.74. The van der Waals surface area contributed by atoms with Gasteiger partial charge < -0.3 is 11.1 Å². The highest BCUT2D eigenvalue weighted by molar-refractivity contribution is 5.68. The fourth-order valence-corrected chi connectivity index (χ4v) is 1.05. The van der Waals surface area contributed by atoms with Crippen LogP contribution >= 0.6 is 0 Å². The van der Waals surface area contributed by atoms with Gasteiger partial charge in [0.05, 0.1) is 17.1 Å². The number of nitrogens with one attached hydrogen (secondary N) is 1. The lowest BCUT2D eigenvalue weighted by molar-refractivity contribution is 1.13. The molecule has 0 aromatic carbocycles. The van der Waals surface area contributed by atoms with E-state index >= 15 is 0 Å². The second-order valence-corrected chi connectivity index (χ2v) is 2.56. The summed E-state index contributed by atoms with van der Waals surface area (Å²) in [4.78, 5) is 4.22. The van der Waals surface area contributed by atoms with Crippen molar-refractivity contribution in [3.63, 3.8) is 0 Å². The molecule has 0 aliphatic heterocycles. The van der Waals surface area contributed by atoms with Crippen LogP contribution in [0.4, 0.5) is 11.4 Å². The standard InChI is InChI=1S/C8H13N3/c1-5-4-7(10-3)8(9)6(2)11-5/h4H,9H2,1-3H3,(H,10,11). The highest BCUT2D eigenvalue weighted by Gasteiger charge is 2.01. The van der Waals surface area contributed by atoms with Gasteiger partial charge >= 0.3 is 0 Å². The number of pyridine rings is 1. The van der Waals surface area contributed by atoms with Crippen molar-refractivity contribution in [1.82, 2.24) is 4.98 Å². The van der Waals surface area contributed by atoms with Crippen LogP contribution in [-0.4, -0.2) is 12.0 Å². The number of aromatic nitrogens is 1. The summed E-state index contributed by atoms with van der Waals surface area (Å²) < 4.78 is 0. The number of nitrogens with zero attached hydrogens (tertiary/aromatic N) is 1. The maximum Gasteiger partial charge on any atom is 0.0766 e. The van der Waals surface area contributed by atoms with Gasteiger partial charge in [-0.05, 0) is 19.9 Å². The molecule has 11 heavy (non-hydrogen) atoms. The van der Waals surface area contributed by atoms with Crippen LogP contribution in [0.15, 0.2) is 6.07 Å². The van der Waals surface area contributed by atoms with Gasteiger partial charge in [-0.1, -0.05) is 0 Å². The Kier molecular flexibility index (Phi) is 1.98. The Hall–Kier alpha value is -1.25. The third-order valence-corrected chi connectivity index (χ3v) is 1.65. The SMILES string of the molecule is CNc1cc(C)nc(C)c1N. The smallest absolute Gasteiger partial charge is 0.0766 e. The number of nitrogen functional groups attached to an aromatic ring is 1. The molecule has 3 heteroatoms. The number of hydrogen-bond acceptors (Lipinski definition) is 3. The minimum atomic E-state index is 0.734. The number of anilines is 2. The Morgan fingerprint density at radius 1 is 1.45 bits per heavy atom. The first kappa shape index (κ1) is 7.85. The predicted octanol–water partition coefficient (Wildman–Crippen LogP) is 1.32. The van der Waals surface area contributed by atoms with E-state index < -0.39 is 0 Å². The highest BCUT2D eigenvalue weighted by atomic mass is 14.9. The summed E-state index contributed by atoms with van der Waals surface area (Å²) in [6.45, 7) is 3.86. The lowest BCUT2D eigenvalue weighted by Gasteiger charge is -2.07.